The molecule has 0 unspecified atom stereocenters. The van der Waals surface area contributed by atoms with Crippen molar-refractivity contribution in [2.45, 2.75) is 32.9 Å². The van der Waals surface area contributed by atoms with Crippen molar-refractivity contribution in [2.75, 3.05) is 26.8 Å². The van der Waals surface area contributed by atoms with Gasteiger partial charge in [0, 0.05) is 26.6 Å². The van der Waals surface area contributed by atoms with Gasteiger partial charge < -0.3 is 14.5 Å². The smallest absolute Gasteiger partial charge is 0.246 e. The summed E-state index contributed by atoms with van der Waals surface area (Å²) in [7, 11) is 1.60. The maximum absolute atomic E-state index is 13.2. The lowest BCUT2D eigenvalue weighted by atomic mass is 9.99. The first-order chi connectivity index (χ1) is 13.5. The van der Waals surface area contributed by atoms with Crippen molar-refractivity contribution in [3.8, 4) is 0 Å². The third kappa shape index (κ3) is 4.78. The van der Waals surface area contributed by atoms with Crippen LogP contribution in [0.5, 0.6) is 0 Å². The van der Waals surface area contributed by atoms with Crippen molar-refractivity contribution in [1.82, 2.24) is 9.80 Å². The lowest BCUT2D eigenvalue weighted by molar-refractivity contribution is -0.157. The van der Waals surface area contributed by atoms with E-state index >= 15 is 0 Å². The highest BCUT2D eigenvalue weighted by Crippen LogP contribution is 2.21. The molecule has 2 aromatic carbocycles. The zero-order valence-electron chi connectivity index (χ0n) is 16.9. The molecule has 1 atom stereocenters. The summed E-state index contributed by atoms with van der Waals surface area (Å²) in [4.78, 5) is 29.5. The highest BCUT2D eigenvalue weighted by atomic mass is 16.5. The zero-order chi connectivity index (χ0) is 20.1. The average molecular weight is 380 g/mol. The van der Waals surface area contributed by atoms with Gasteiger partial charge >= 0.3 is 0 Å². The second kappa shape index (κ2) is 9.02. The summed E-state index contributed by atoms with van der Waals surface area (Å²) in [5.74, 6) is -0.0272. The molecule has 2 amide bonds. The molecule has 3 rings (SSSR count). The minimum Gasteiger partial charge on any atom is -0.383 e. The summed E-state index contributed by atoms with van der Waals surface area (Å²) in [6.07, 6.45) is 0.514. The van der Waals surface area contributed by atoms with Crippen molar-refractivity contribution in [2.24, 2.45) is 0 Å². The number of aryl methyl sites for hydroxylation is 2. The lowest BCUT2D eigenvalue weighted by Crippen LogP contribution is -2.60. The molecular weight excluding hydrogens is 352 g/mol. The highest BCUT2D eigenvalue weighted by molar-refractivity contribution is 5.95. The average Bonchev–Trinajstić information content (AvgIpc) is 2.66. The van der Waals surface area contributed by atoms with Crippen LogP contribution < -0.4 is 0 Å². The van der Waals surface area contributed by atoms with Gasteiger partial charge in [-0.25, -0.2) is 0 Å². The highest BCUT2D eigenvalue weighted by Gasteiger charge is 2.39. The number of nitrogens with zero attached hydrogens (tertiary/aromatic N) is 2. The van der Waals surface area contributed by atoms with E-state index < -0.39 is 6.04 Å². The van der Waals surface area contributed by atoms with E-state index in [0.717, 1.165) is 22.3 Å². The Bertz CT molecular complexity index is 815. The zero-order valence-corrected chi connectivity index (χ0v) is 16.9. The van der Waals surface area contributed by atoms with Crippen LogP contribution in [0.3, 0.4) is 0 Å². The van der Waals surface area contributed by atoms with Crippen LogP contribution in [0, 0.1) is 13.8 Å². The van der Waals surface area contributed by atoms with Crippen LogP contribution in [0.2, 0.25) is 0 Å². The molecule has 28 heavy (non-hydrogen) atoms. The lowest BCUT2D eigenvalue weighted by Gasteiger charge is -2.40. The van der Waals surface area contributed by atoms with E-state index in [1.807, 2.05) is 44.2 Å². The number of carbonyl (C=O) groups is 2. The van der Waals surface area contributed by atoms with E-state index in [9.17, 15) is 9.59 Å². The molecule has 0 N–H and O–H groups in total. The van der Waals surface area contributed by atoms with Gasteiger partial charge in [-0.2, -0.15) is 0 Å². The molecule has 0 aliphatic carbocycles. The fourth-order valence-corrected chi connectivity index (χ4v) is 3.83. The third-order valence-corrected chi connectivity index (χ3v) is 5.09. The Morgan fingerprint density at radius 3 is 2.32 bits per heavy atom. The predicted molar refractivity (Wildman–Crippen MR) is 109 cm³/mol. The fraction of sp³-hybridized carbons (Fsp3) is 0.391. The Morgan fingerprint density at radius 1 is 1.00 bits per heavy atom. The van der Waals surface area contributed by atoms with Gasteiger partial charge in [0.15, 0.2) is 0 Å². The second-order valence-corrected chi connectivity index (χ2v) is 7.48. The van der Waals surface area contributed by atoms with E-state index in [-0.39, 0.29) is 18.4 Å². The topological polar surface area (TPSA) is 49.9 Å². The van der Waals surface area contributed by atoms with Crippen LogP contribution in [-0.4, -0.2) is 54.5 Å². The molecule has 1 fully saturated rings. The fourth-order valence-electron chi connectivity index (χ4n) is 3.83. The van der Waals surface area contributed by atoms with E-state index in [0.29, 0.717) is 26.1 Å². The Balaban J connectivity index is 1.88. The van der Waals surface area contributed by atoms with Gasteiger partial charge in [0.1, 0.15) is 6.04 Å². The number of carbonyl (C=O) groups excluding carboxylic acids is 2. The number of ether oxygens (including phenoxy) is 1. The quantitative estimate of drug-likeness (QED) is 0.742. The minimum absolute atomic E-state index is 0.00937. The molecule has 0 bridgehead atoms. The van der Waals surface area contributed by atoms with E-state index in [4.69, 9.17) is 4.74 Å². The number of rotatable bonds is 7. The molecule has 1 aliphatic rings. The third-order valence-electron chi connectivity index (χ3n) is 5.09. The van der Waals surface area contributed by atoms with Crippen LogP contribution in [0.15, 0.2) is 48.5 Å². The molecule has 148 valence electrons. The molecule has 1 saturated heterocycles. The first kappa shape index (κ1) is 20.1. The number of hydrogen-bond donors (Lipinski definition) is 0. The summed E-state index contributed by atoms with van der Waals surface area (Å²) in [6, 6.07) is 15.7. The largest absolute Gasteiger partial charge is 0.383 e. The standard InChI is InChI=1S/C23H28N2O3/c1-17-11-18(2)13-20(12-17)15-25-21(14-19-7-5-4-6-8-19)23(27)24(9-10-28-3)16-22(25)26/h4-8,11-13,21H,9-10,14-16H2,1-3H3/t21-/m1/s1. The number of hydrogen-bond acceptors (Lipinski definition) is 3. The minimum atomic E-state index is -0.499. The Hall–Kier alpha value is -2.66. The van der Waals surface area contributed by atoms with Gasteiger partial charge in [-0.1, -0.05) is 59.7 Å². The van der Waals surface area contributed by atoms with Crippen LogP contribution in [0.1, 0.15) is 22.3 Å². The van der Waals surface area contributed by atoms with Crippen LogP contribution in [0.25, 0.3) is 0 Å². The Kier molecular flexibility index (Phi) is 6.47. The SMILES string of the molecule is COCCN1CC(=O)N(Cc2cc(C)cc(C)c2)[C@H](Cc2ccccc2)C1=O. The monoisotopic (exact) mass is 380 g/mol. The summed E-state index contributed by atoms with van der Waals surface area (Å²) < 4.78 is 5.11. The van der Waals surface area contributed by atoms with Gasteiger partial charge in [0.05, 0.1) is 13.2 Å². The normalized spacial score (nSPS) is 17.3. The molecule has 0 spiro atoms. The molecule has 1 aliphatic heterocycles. The molecule has 5 nitrogen and oxygen atoms in total. The maximum atomic E-state index is 13.2. The first-order valence-corrected chi connectivity index (χ1v) is 9.66. The summed E-state index contributed by atoms with van der Waals surface area (Å²) in [5.41, 5.74) is 4.42. The predicted octanol–water partition coefficient (Wildman–Crippen LogP) is 2.73. The van der Waals surface area contributed by atoms with Crippen molar-refractivity contribution in [3.63, 3.8) is 0 Å². The van der Waals surface area contributed by atoms with Crippen molar-refractivity contribution < 1.29 is 14.3 Å². The van der Waals surface area contributed by atoms with Crippen molar-refractivity contribution >= 4 is 11.8 Å². The van der Waals surface area contributed by atoms with Gasteiger partial charge in [-0.15, -0.1) is 0 Å². The van der Waals surface area contributed by atoms with Gasteiger partial charge in [-0.3, -0.25) is 9.59 Å². The molecule has 0 aromatic heterocycles. The van der Waals surface area contributed by atoms with Crippen molar-refractivity contribution in [3.05, 3.63) is 70.8 Å². The number of amides is 2. The number of benzene rings is 2. The van der Waals surface area contributed by atoms with Crippen LogP contribution in [0.4, 0.5) is 0 Å². The number of piperazine rings is 1. The van der Waals surface area contributed by atoms with Gasteiger partial charge in [0.25, 0.3) is 0 Å². The Morgan fingerprint density at radius 2 is 1.68 bits per heavy atom. The molecule has 0 radical (unpaired) electrons. The second-order valence-electron chi connectivity index (χ2n) is 7.48. The number of methoxy groups -OCH3 is 1. The van der Waals surface area contributed by atoms with Crippen molar-refractivity contribution in [1.29, 1.82) is 0 Å². The van der Waals surface area contributed by atoms with Crippen LogP contribution in [-0.2, 0) is 27.3 Å². The van der Waals surface area contributed by atoms with Crippen LogP contribution >= 0.6 is 0 Å². The van der Waals surface area contributed by atoms with E-state index in [1.165, 1.54) is 0 Å². The first-order valence-electron chi connectivity index (χ1n) is 9.66. The molecule has 1 heterocycles. The summed E-state index contributed by atoms with van der Waals surface area (Å²) >= 11 is 0. The van der Waals surface area contributed by atoms with E-state index in [1.54, 1.807) is 16.9 Å². The van der Waals surface area contributed by atoms with Gasteiger partial charge in [0.2, 0.25) is 11.8 Å². The molecular formula is C23H28N2O3. The molecule has 5 heteroatoms. The Labute approximate surface area is 166 Å². The summed E-state index contributed by atoms with van der Waals surface area (Å²) in [5, 5.41) is 0. The maximum Gasteiger partial charge on any atom is 0.246 e. The molecule has 0 saturated carbocycles. The molecule has 2 aromatic rings. The van der Waals surface area contributed by atoms with Gasteiger partial charge in [-0.05, 0) is 25.0 Å². The summed E-state index contributed by atoms with van der Waals surface area (Å²) in [6.45, 7) is 5.51. The van der Waals surface area contributed by atoms with E-state index in [2.05, 4.69) is 18.2 Å².